The van der Waals surface area contributed by atoms with Gasteiger partial charge in [0.2, 0.25) is 5.89 Å². The molecule has 2 aromatic heterocycles. The topological polar surface area (TPSA) is 42.4 Å². The van der Waals surface area contributed by atoms with E-state index in [1.54, 1.807) is 0 Å². The number of fused-ring (bicyclic) bond motifs is 7. The number of furan rings is 1. The van der Waals surface area contributed by atoms with Crippen molar-refractivity contribution < 1.29 is 8.83 Å². The fraction of sp³-hybridized carbons (Fsp3) is 0.0652. The number of oxazole rings is 1. The molecule has 0 saturated heterocycles. The molecule has 0 fully saturated rings. The van der Waals surface area contributed by atoms with Crippen LogP contribution in [0.3, 0.4) is 0 Å². The zero-order chi connectivity index (χ0) is 33.4. The number of rotatable bonds is 5. The van der Waals surface area contributed by atoms with Gasteiger partial charge < -0.3 is 13.7 Å². The maximum atomic E-state index is 6.86. The molecule has 0 unspecified atom stereocenters. The molecule has 0 amide bonds. The molecule has 0 radical (unpaired) electrons. The highest BCUT2D eigenvalue weighted by atomic mass is 16.4. The lowest BCUT2D eigenvalue weighted by Gasteiger charge is -2.29. The van der Waals surface area contributed by atoms with Gasteiger partial charge >= 0.3 is 0 Å². The van der Waals surface area contributed by atoms with Crippen LogP contribution in [0.25, 0.3) is 66.7 Å². The molecule has 1 aliphatic rings. The van der Waals surface area contributed by atoms with E-state index in [-0.39, 0.29) is 5.41 Å². The number of nitrogens with zero attached hydrogens (tertiary/aromatic N) is 2. The van der Waals surface area contributed by atoms with Gasteiger partial charge in [0, 0.05) is 33.7 Å². The van der Waals surface area contributed by atoms with E-state index in [9.17, 15) is 0 Å². The predicted octanol–water partition coefficient (Wildman–Crippen LogP) is 12.8. The molecule has 0 bridgehead atoms. The summed E-state index contributed by atoms with van der Waals surface area (Å²) in [7, 11) is 0. The molecule has 238 valence electrons. The number of anilines is 3. The van der Waals surface area contributed by atoms with Crippen molar-refractivity contribution in [3.05, 3.63) is 169 Å². The minimum Gasteiger partial charge on any atom is -0.456 e. The van der Waals surface area contributed by atoms with Gasteiger partial charge in [0.25, 0.3) is 0 Å². The van der Waals surface area contributed by atoms with Gasteiger partial charge in [0.1, 0.15) is 22.4 Å². The lowest BCUT2D eigenvalue weighted by molar-refractivity contribution is 0.620. The Bertz CT molecular complexity index is 2720. The maximum Gasteiger partial charge on any atom is 0.227 e. The summed E-state index contributed by atoms with van der Waals surface area (Å²) >= 11 is 0. The molecule has 2 heterocycles. The van der Waals surface area contributed by atoms with Crippen LogP contribution in [-0.2, 0) is 5.41 Å². The SMILES string of the molecule is CC1(C)c2ccccc2-c2c(N(c3ccc(-c4ccccc4)cc3)c3c4oc(-c5ccccc5)nc4cc4oc5ccccc5c34)cccc21. The highest BCUT2D eigenvalue weighted by Gasteiger charge is 2.38. The van der Waals surface area contributed by atoms with Gasteiger partial charge in [-0.2, -0.15) is 0 Å². The molecule has 0 atom stereocenters. The van der Waals surface area contributed by atoms with E-state index in [0.29, 0.717) is 11.5 Å². The van der Waals surface area contributed by atoms with E-state index in [4.69, 9.17) is 13.8 Å². The monoisotopic (exact) mass is 644 g/mol. The van der Waals surface area contributed by atoms with Crippen molar-refractivity contribution in [1.82, 2.24) is 4.98 Å². The van der Waals surface area contributed by atoms with Gasteiger partial charge in [0.05, 0.1) is 11.1 Å². The Morgan fingerprint density at radius 3 is 2.02 bits per heavy atom. The third-order valence-electron chi connectivity index (χ3n) is 10.3. The first kappa shape index (κ1) is 28.6. The average molecular weight is 645 g/mol. The smallest absolute Gasteiger partial charge is 0.227 e. The van der Waals surface area contributed by atoms with Crippen molar-refractivity contribution in [3.8, 4) is 33.7 Å². The van der Waals surface area contributed by atoms with Gasteiger partial charge in [-0.3, -0.25) is 0 Å². The fourth-order valence-electron chi connectivity index (χ4n) is 7.91. The number of benzene rings is 7. The second-order valence-corrected chi connectivity index (χ2v) is 13.5. The third-order valence-corrected chi connectivity index (χ3v) is 10.3. The largest absolute Gasteiger partial charge is 0.456 e. The van der Waals surface area contributed by atoms with Crippen LogP contribution < -0.4 is 4.90 Å². The molecule has 10 rings (SSSR count). The third kappa shape index (κ3) is 4.21. The van der Waals surface area contributed by atoms with Crippen molar-refractivity contribution in [3.63, 3.8) is 0 Å². The van der Waals surface area contributed by atoms with Crippen LogP contribution in [0.1, 0.15) is 25.0 Å². The Balaban J connectivity index is 1.33. The summed E-state index contributed by atoms with van der Waals surface area (Å²) in [5, 5.41) is 2.01. The van der Waals surface area contributed by atoms with E-state index in [2.05, 4.69) is 128 Å². The molecule has 0 aliphatic heterocycles. The molecular weight excluding hydrogens is 613 g/mol. The van der Waals surface area contributed by atoms with Gasteiger partial charge in [-0.05, 0) is 64.2 Å². The summed E-state index contributed by atoms with van der Waals surface area (Å²) in [6, 6.07) is 55.3. The summed E-state index contributed by atoms with van der Waals surface area (Å²) < 4.78 is 13.5. The molecule has 4 nitrogen and oxygen atoms in total. The zero-order valence-electron chi connectivity index (χ0n) is 27.7. The lowest BCUT2D eigenvalue weighted by Crippen LogP contribution is -2.16. The highest BCUT2D eigenvalue weighted by molar-refractivity contribution is 6.21. The van der Waals surface area contributed by atoms with Gasteiger partial charge in [-0.1, -0.05) is 129 Å². The van der Waals surface area contributed by atoms with E-state index < -0.39 is 0 Å². The van der Waals surface area contributed by atoms with Crippen molar-refractivity contribution in [2.45, 2.75) is 19.3 Å². The van der Waals surface area contributed by atoms with E-state index in [1.165, 1.54) is 27.8 Å². The van der Waals surface area contributed by atoms with E-state index >= 15 is 0 Å². The predicted molar refractivity (Wildman–Crippen MR) is 204 cm³/mol. The standard InChI is InChI=1S/C46H32N2O2/c1-46(2)35-20-11-9-18-33(35)41-36(46)21-13-22-38(41)48(32-26-24-30(25-27-32)29-14-5-3-6-15-29)43-42-34-19-10-12-23-39(34)49-40(42)28-37-44(43)50-45(47-37)31-16-7-4-8-17-31/h3-28H,1-2H3. The number of hydrogen-bond acceptors (Lipinski definition) is 4. The maximum absolute atomic E-state index is 6.86. The van der Waals surface area contributed by atoms with E-state index in [0.717, 1.165) is 55.6 Å². The van der Waals surface area contributed by atoms with Crippen molar-refractivity contribution in [2.75, 3.05) is 4.90 Å². The number of hydrogen-bond donors (Lipinski definition) is 0. The minimum atomic E-state index is -0.166. The van der Waals surface area contributed by atoms with Crippen LogP contribution in [0.2, 0.25) is 0 Å². The zero-order valence-corrected chi connectivity index (χ0v) is 27.7. The van der Waals surface area contributed by atoms with Gasteiger partial charge in [-0.15, -0.1) is 0 Å². The minimum absolute atomic E-state index is 0.166. The summed E-state index contributed by atoms with van der Waals surface area (Å²) in [6.45, 7) is 4.65. The van der Waals surface area contributed by atoms with Crippen molar-refractivity contribution >= 4 is 50.1 Å². The van der Waals surface area contributed by atoms with Crippen LogP contribution in [0.15, 0.2) is 167 Å². The van der Waals surface area contributed by atoms with E-state index in [1.807, 2.05) is 48.5 Å². The number of aromatic nitrogens is 1. The molecule has 0 saturated carbocycles. The van der Waals surface area contributed by atoms with Gasteiger partial charge in [-0.25, -0.2) is 4.98 Å². The summed E-state index contributed by atoms with van der Waals surface area (Å²) in [4.78, 5) is 7.44. The Morgan fingerprint density at radius 1 is 0.560 bits per heavy atom. The Hall–Kier alpha value is -6.39. The Morgan fingerprint density at radius 2 is 1.22 bits per heavy atom. The molecule has 50 heavy (non-hydrogen) atoms. The van der Waals surface area contributed by atoms with Crippen molar-refractivity contribution in [2.24, 2.45) is 0 Å². The lowest BCUT2D eigenvalue weighted by atomic mass is 9.82. The Labute approximate surface area is 289 Å². The molecule has 0 N–H and O–H groups in total. The first-order valence-electron chi connectivity index (χ1n) is 17.1. The summed E-state index contributed by atoms with van der Waals surface area (Å²) in [5.74, 6) is 0.572. The van der Waals surface area contributed by atoms with Crippen LogP contribution in [0, 0.1) is 0 Å². The molecule has 0 spiro atoms. The quantitative estimate of drug-likeness (QED) is 0.187. The second-order valence-electron chi connectivity index (χ2n) is 13.5. The second kappa shape index (κ2) is 10.8. The molecule has 9 aromatic rings. The molecule has 4 heteroatoms. The normalized spacial score (nSPS) is 13.2. The Kier molecular flexibility index (Phi) is 6.19. The molecular formula is C46H32N2O2. The fourth-order valence-corrected chi connectivity index (χ4v) is 7.91. The van der Waals surface area contributed by atoms with Crippen LogP contribution in [0.4, 0.5) is 17.1 Å². The summed E-state index contributed by atoms with van der Waals surface area (Å²) in [6.07, 6.45) is 0. The first-order chi connectivity index (χ1) is 24.6. The van der Waals surface area contributed by atoms with Gasteiger partial charge in [0.15, 0.2) is 5.58 Å². The summed E-state index contributed by atoms with van der Waals surface area (Å²) in [5.41, 5.74) is 14.2. The van der Waals surface area contributed by atoms with Crippen molar-refractivity contribution in [1.29, 1.82) is 0 Å². The number of para-hydroxylation sites is 1. The molecule has 7 aromatic carbocycles. The van der Waals surface area contributed by atoms with Crippen LogP contribution in [-0.4, -0.2) is 4.98 Å². The first-order valence-corrected chi connectivity index (χ1v) is 17.1. The molecule has 1 aliphatic carbocycles. The average Bonchev–Trinajstić information content (AvgIpc) is 3.83. The van der Waals surface area contributed by atoms with Crippen LogP contribution >= 0.6 is 0 Å². The highest BCUT2D eigenvalue weighted by Crippen LogP contribution is 2.56. The van der Waals surface area contributed by atoms with Crippen LogP contribution in [0.5, 0.6) is 0 Å².